The lowest BCUT2D eigenvalue weighted by Gasteiger charge is -2.27. The summed E-state index contributed by atoms with van der Waals surface area (Å²) in [5.74, 6) is 0. The van der Waals surface area contributed by atoms with Crippen molar-refractivity contribution in [3.8, 4) is 0 Å². The van der Waals surface area contributed by atoms with Crippen LogP contribution in [0.3, 0.4) is 0 Å². The van der Waals surface area contributed by atoms with E-state index >= 15 is 0 Å². The second kappa shape index (κ2) is 4.55. The lowest BCUT2D eigenvalue weighted by molar-refractivity contribution is 0.513. The number of rotatable bonds is 6. The van der Waals surface area contributed by atoms with Gasteiger partial charge in [-0.1, -0.05) is 12.2 Å². The van der Waals surface area contributed by atoms with Crippen molar-refractivity contribution in [1.82, 2.24) is 0 Å². The molecule has 76 valence electrons. The molecule has 0 bridgehead atoms. The highest BCUT2D eigenvalue weighted by atomic mass is 32.2. The van der Waals surface area contributed by atoms with E-state index in [0.29, 0.717) is 0 Å². The standard InChI is InChI=1S/C8H16N2O2S/c1-3-5-8(7-9,6-4-2)13(10,11)12/h3-4H,1-2,5-7,9H2,(H2,10,11,12). The fraction of sp³-hybridized carbons (Fsp3) is 0.500. The zero-order valence-electron chi connectivity index (χ0n) is 7.57. The predicted molar refractivity (Wildman–Crippen MR) is 54.5 cm³/mol. The van der Waals surface area contributed by atoms with Crippen LogP contribution in [0.15, 0.2) is 25.3 Å². The quantitative estimate of drug-likeness (QED) is 0.603. The van der Waals surface area contributed by atoms with Crippen LogP contribution >= 0.6 is 0 Å². The Hall–Kier alpha value is -0.650. The minimum atomic E-state index is -3.67. The van der Waals surface area contributed by atoms with Crippen LogP contribution in [0.2, 0.25) is 0 Å². The number of sulfonamides is 1. The van der Waals surface area contributed by atoms with Crippen molar-refractivity contribution in [2.45, 2.75) is 17.6 Å². The normalized spacial score (nSPS) is 12.5. The van der Waals surface area contributed by atoms with Gasteiger partial charge >= 0.3 is 0 Å². The monoisotopic (exact) mass is 204 g/mol. The Morgan fingerprint density at radius 1 is 1.23 bits per heavy atom. The molecule has 0 aliphatic carbocycles. The first kappa shape index (κ1) is 12.3. The minimum absolute atomic E-state index is 0.0239. The molecular formula is C8H16N2O2S. The number of allylic oxidation sites excluding steroid dienone is 2. The van der Waals surface area contributed by atoms with Crippen molar-refractivity contribution in [2.75, 3.05) is 6.54 Å². The average molecular weight is 204 g/mol. The van der Waals surface area contributed by atoms with Gasteiger partial charge < -0.3 is 5.73 Å². The van der Waals surface area contributed by atoms with Crippen molar-refractivity contribution < 1.29 is 8.42 Å². The maximum absolute atomic E-state index is 11.3. The van der Waals surface area contributed by atoms with Gasteiger partial charge in [0, 0.05) is 6.54 Å². The minimum Gasteiger partial charge on any atom is -0.329 e. The summed E-state index contributed by atoms with van der Waals surface area (Å²) >= 11 is 0. The second-order valence-electron chi connectivity index (χ2n) is 2.92. The lowest BCUT2D eigenvalue weighted by atomic mass is 10.0. The Labute approximate surface area is 79.4 Å². The van der Waals surface area contributed by atoms with Crippen molar-refractivity contribution in [2.24, 2.45) is 10.9 Å². The Morgan fingerprint density at radius 3 is 1.77 bits per heavy atom. The van der Waals surface area contributed by atoms with Gasteiger partial charge in [0.05, 0.1) is 0 Å². The van der Waals surface area contributed by atoms with Gasteiger partial charge in [-0.25, -0.2) is 13.6 Å². The fourth-order valence-corrected chi connectivity index (χ4v) is 2.06. The van der Waals surface area contributed by atoms with E-state index < -0.39 is 14.8 Å². The molecule has 0 radical (unpaired) electrons. The highest BCUT2D eigenvalue weighted by Crippen LogP contribution is 2.23. The van der Waals surface area contributed by atoms with E-state index in [2.05, 4.69) is 13.2 Å². The zero-order valence-corrected chi connectivity index (χ0v) is 8.39. The SMILES string of the molecule is C=CCC(CN)(CC=C)S(N)(=O)=O. The smallest absolute Gasteiger partial charge is 0.216 e. The molecule has 0 spiro atoms. The van der Waals surface area contributed by atoms with Gasteiger partial charge in [-0.3, -0.25) is 0 Å². The number of nitrogens with two attached hydrogens (primary N) is 2. The molecule has 0 aromatic heterocycles. The van der Waals surface area contributed by atoms with Gasteiger partial charge in [-0.2, -0.15) is 0 Å². The maximum Gasteiger partial charge on any atom is 0.216 e. The molecule has 0 aromatic carbocycles. The molecule has 0 saturated carbocycles. The summed E-state index contributed by atoms with van der Waals surface area (Å²) in [6.07, 6.45) is 3.49. The molecule has 5 heteroatoms. The fourth-order valence-electron chi connectivity index (χ4n) is 1.12. The van der Waals surface area contributed by atoms with E-state index in [-0.39, 0.29) is 19.4 Å². The molecule has 0 saturated heterocycles. The predicted octanol–water partition coefficient (Wildman–Crippen LogP) is 0.125. The van der Waals surface area contributed by atoms with Crippen LogP contribution in [0.1, 0.15) is 12.8 Å². The summed E-state index contributed by atoms with van der Waals surface area (Å²) in [5.41, 5.74) is 5.41. The third kappa shape index (κ3) is 2.65. The van der Waals surface area contributed by atoms with Gasteiger partial charge in [0.15, 0.2) is 0 Å². The van der Waals surface area contributed by atoms with Gasteiger partial charge in [-0.15, -0.1) is 13.2 Å². The first-order valence-corrected chi connectivity index (χ1v) is 5.42. The molecule has 0 fully saturated rings. The molecule has 13 heavy (non-hydrogen) atoms. The molecule has 0 aromatic rings. The van der Waals surface area contributed by atoms with E-state index in [4.69, 9.17) is 10.9 Å². The number of primary sulfonamides is 1. The van der Waals surface area contributed by atoms with E-state index in [9.17, 15) is 8.42 Å². The first-order chi connectivity index (χ1) is 5.93. The number of hydrogen-bond acceptors (Lipinski definition) is 3. The Morgan fingerprint density at radius 2 is 1.62 bits per heavy atom. The Kier molecular flexibility index (Phi) is 4.32. The first-order valence-electron chi connectivity index (χ1n) is 3.88. The summed E-state index contributed by atoms with van der Waals surface area (Å²) in [7, 11) is -3.67. The van der Waals surface area contributed by atoms with Gasteiger partial charge in [0.2, 0.25) is 10.0 Å². The van der Waals surface area contributed by atoms with E-state index in [1.807, 2.05) is 0 Å². The van der Waals surface area contributed by atoms with Crippen molar-refractivity contribution >= 4 is 10.0 Å². The topological polar surface area (TPSA) is 86.2 Å². The summed E-state index contributed by atoms with van der Waals surface area (Å²) in [5, 5.41) is 5.09. The van der Waals surface area contributed by atoms with Crippen LogP contribution in [0.25, 0.3) is 0 Å². The van der Waals surface area contributed by atoms with Gasteiger partial charge in [0.1, 0.15) is 4.75 Å². The highest BCUT2D eigenvalue weighted by molar-refractivity contribution is 7.90. The van der Waals surface area contributed by atoms with Crippen LogP contribution in [0.4, 0.5) is 0 Å². The van der Waals surface area contributed by atoms with Crippen molar-refractivity contribution in [3.05, 3.63) is 25.3 Å². The summed E-state index contributed by atoms with van der Waals surface area (Å²) in [4.78, 5) is 0. The van der Waals surface area contributed by atoms with Crippen molar-refractivity contribution in [1.29, 1.82) is 0 Å². The third-order valence-corrected chi connectivity index (χ3v) is 3.72. The van der Waals surface area contributed by atoms with E-state index in [0.717, 1.165) is 0 Å². The van der Waals surface area contributed by atoms with Crippen LogP contribution in [0.5, 0.6) is 0 Å². The average Bonchev–Trinajstić information content (AvgIpc) is 2.02. The van der Waals surface area contributed by atoms with Gasteiger partial charge in [-0.05, 0) is 12.8 Å². The zero-order chi connectivity index (χ0) is 10.5. The molecule has 0 amide bonds. The summed E-state index contributed by atoms with van der Waals surface area (Å²) < 4.78 is 21.4. The number of hydrogen-bond donors (Lipinski definition) is 2. The highest BCUT2D eigenvalue weighted by Gasteiger charge is 2.37. The van der Waals surface area contributed by atoms with Gasteiger partial charge in [0.25, 0.3) is 0 Å². The summed E-state index contributed by atoms with van der Waals surface area (Å²) in [6.45, 7) is 6.93. The third-order valence-electron chi connectivity index (χ3n) is 2.01. The molecule has 4 N–H and O–H groups in total. The molecule has 4 nitrogen and oxygen atoms in total. The van der Waals surface area contributed by atoms with Crippen LogP contribution < -0.4 is 10.9 Å². The Balaban J connectivity index is 5.08. The van der Waals surface area contributed by atoms with Crippen LogP contribution in [0, 0.1) is 0 Å². The molecule has 0 atom stereocenters. The Bertz CT molecular complexity index is 273. The second-order valence-corrected chi connectivity index (χ2v) is 4.87. The van der Waals surface area contributed by atoms with Crippen LogP contribution in [-0.2, 0) is 10.0 Å². The van der Waals surface area contributed by atoms with Crippen molar-refractivity contribution in [3.63, 3.8) is 0 Å². The molecule has 0 aliphatic rings. The summed E-state index contributed by atoms with van der Waals surface area (Å²) in [6, 6.07) is 0. The van der Waals surface area contributed by atoms with E-state index in [1.165, 1.54) is 12.2 Å². The molecule has 0 unspecified atom stereocenters. The largest absolute Gasteiger partial charge is 0.329 e. The van der Waals surface area contributed by atoms with E-state index in [1.54, 1.807) is 0 Å². The molecule has 0 aliphatic heterocycles. The molecular weight excluding hydrogens is 188 g/mol. The molecule has 0 heterocycles. The maximum atomic E-state index is 11.3. The van der Waals surface area contributed by atoms with Crippen LogP contribution in [-0.4, -0.2) is 19.7 Å². The lowest BCUT2D eigenvalue weighted by Crippen LogP contribution is -2.48. The molecule has 0 rings (SSSR count).